The Labute approximate surface area is 211 Å². The molecule has 0 bridgehead atoms. The highest BCUT2D eigenvalue weighted by atomic mass is 32.1. The highest BCUT2D eigenvalue weighted by molar-refractivity contribution is 7.80. The van der Waals surface area contributed by atoms with E-state index in [-0.39, 0.29) is 5.91 Å². The first-order valence-electron chi connectivity index (χ1n) is 11.0. The van der Waals surface area contributed by atoms with Gasteiger partial charge in [-0.15, -0.1) is 11.3 Å². The lowest BCUT2D eigenvalue weighted by Crippen LogP contribution is -2.11. The molecule has 0 saturated heterocycles. The molecule has 0 aliphatic heterocycles. The smallest absolute Gasteiger partial charge is 0.225 e. The number of nitrogens with two attached hydrogens (primary N) is 1. The van der Waals surface area contributed by atoms with Crippen LogP contribution in [0.15, 0.2) is 48.8 Å². The maximum atomic E-state index is 11.8. The van der Waals surface area contributed by atoms with E-state index in [9.17, 15) is 4.79 Å². The zero-order chi connectivity index (χ0) is 24.5. The molecule has 1 amide bonds. The van der Waals surface area contributed by atoms with Crippen molar-refractivity contribution in [3.63, 3.8) is 0 Å². The number of rotatable bonds is 7. The van der Waals surface area contributed by atoms with Crippen molar-refractivity contribution in [2.45, 2.75) is 19.9 Å². The van der Waals surface area contributed by atoms with Gasteiger partial charge in [0.2, 0.25) is 5.91 Å². The van der Waals surface area contributed by atoms with Crippen molar-refractivity contribution in [3.8, 4) is 16.3 Å². The monoisotopic (exact) mass is 504 g/mol. The lowest BCUT2D eigenvalue weighted by molar-refractivity contribution is -0.115. The van der Waals surface area contributed by atoms with E-state index in [0.29, 0.717) is 30.2 Å². The predicted octanol–water partition coefficient (Wildman–Crippen LogP) is 4.91. The van der Waals surface area contributed by atoms with Gasteiger partial charge in [0.05, 0.1) is 28.6 Å². The normalized spacial score (nSPS) is 11.3. The summed E-state index contributed by atoms with van der Waals surface area (Å²) in [7, 11) is 1.68. The Morgan fingerprint density at radius 2 is 2.00 bits per heavy atom. The van der Waals surface area contributed by atoms with Crippen LogP contribution in [0.2, 0.25) is 0 Å². The summed E-state index contributed by atoms with van der Waals surface area (Å²) < 4.78 is 8.50. The van der Waals surface area contributed by atoms with Crippen LogP contribution in [0.5, 0.6) is 5.75 Å². The van der Waals surface area contributed by atoms with Crippen LogP contribution in [0, 0.1) is 6.92 Å². The van der Waals surface area contributed by atoms with Crippen LogP contribution in [0.1, 0.15) is 17.5 Å². The number of ether oxygens (including phenoxy) is 1. The Morgan fingerprint density at radius 1 is 1.20 bits per heavy atom. The van der Waals surface area contributed by atoms with Crippen molar-refractivity contribution >= 4 is 62.5 Å². The van der Waals surface area contributed by atoms with E-state index in [1.807, 2.05) is 41.9 Å². The van der Waals surface area contributed by atoms with Crippen molar-refractivity contribution in [2.75, 3.05) is 23.9 Å². The molecule has 5 rings (SSSR count). The molecule has 3 aromatic heterocycles. The number of fused-ring (bicyclic) bond motifs is 2. The van der Waals surface area contributed by atoms with E-state index >= 15 is 0 Å². The third-order valence-electron chi connectivity index (χ3n) is 5.65. The number of carbonyl (C=O) groups excluding carboxylic acids is 1. The molecule has 0 aliphatic carbocycles. The number of hydrogen-bond acceptors (Lipinski definition) is 8. The third-order valence-corrected chi connectivity index (χ3v) is 7.04. The molecule has 5 aromatic rings. The van der Waals surface area contributed by atoms with Gasteiger partial charge in [-0.2, -0.15) is 17.7 Å². The number of methoxy groups -OCH3 is 1. The van der Waals surface area contributed by atoms with Crippen LogP contribution in [0.25, 0.3) is 31.7 Å². The molecule has 35 heavy (non-hydrogen) atoms. The average Bonchev–Trinajstić information content (AvgIpc) is 3.42. The lowest BCUT2D eigenvalue weighted by atomic mass is 10.1. The largest absolute Gasteiger partial charge is 0.495 e. The number of nitrogens with one attached hydrogen (secondary N) is 1. The van der Waals surface area contributed by atoms with Crippen molar-refractivity contribution in [1.82, 2.24) is 19.7 Å². The average molecular weight is 505 g/mol. The molecule has 0 fully saturated rings. The lowest BCUT2D eigenvalue weighted by Gasteiger charge is -2.07. The molecule has 0 unspecified atom stereocenters. The van der Waals surface area contributed by atoms with E-state index in [2.05, 4.69) is 40.0 Å². The number of nitrogens with zero attached hydrogens (tertiary/aromatic N) is 4. The zero-order valence-electron chi connectivity index (χ0n) is 19.3. The molecule has 178 valence electrons. The second kappa shape index (κ2) is 9.55. The predicted molar refractivity (Wildman–Crippen MR) is 144 cm³/mol. The number of thiol groups is 1. The summed E-state index contributed by atoms with van der Waals surface area (Å²) in [5.41, 5.74) is 10.6. The summed E-state index contributed by atoms with van der Waals surface area (Å²) in [6.45, 7) is 2.54. The summed E-state index contributed by atoms with van der Waals surface area (Å²) in [6, 6.07) is 13.9. The molecule has 3 heterocycles. The van der Waals surface area contributed by atoms with E-state index in [1.54, 1.807) is 18.4 Å². The number of benzene rings is 2. The maximum Gasteiger partial charge on any atom is 0.225 e. The van der Waals surface area contributed by atoms with Crippen molar-refractivity contribution in [3.05, 3.63) is 59.9 Å². The van der Waals surface area contributed by atoms with Gasteiger partial charge >= 0.3 is 0 Å². The molecule has 0 aliphatic rings. The molecule has 8 nitrogen and oxygen atoms in total. The third kappa shape index (κ3) is 4.54. The summed E-state index contributed by atoms with van der Waals surface area (Å²) in [4.78, 5) is 21.5. The number of amides is 1. The molecule has 0 saturated carbocycles. The molecule has 0 spiro atoms. The fourth-order valence-electron chi connectivity index (χ4n) is 4.04. The van der Waals surface area contributed by atoms with Crippen LogP contribution < -0.4 is 15.8 Å². The minimum atomic E-state index is -0.0576. The van der Waals surface area contributed by atoms with Gasteiger partial charge in [0, 0.05) is 12.1 Å². The Balaban J connectivity index is 1.53. The summed E-state index contributed by atoms with van der Waals surface area (Å²) >= 11 is 5.70. The molecular formula is C25H24N6O2S2. The topological polar surface area (TPSA) is 108 Å². The van der Waals surface area contributed by atoms with Gasteiger partial charge in [-0.25, -0.2) is 14.6 Å². The Morgan fingerprint density at radius 3 is 2.74 bits per heavy atom. The van der Waals surface area contributed by atoms with Gasteiger partial charge < -0.3 is 15.8 Å². The first-order chi connectivity index (χ1) is 17.0. The number of anilines is 2. The highest BCUT2D eigenvalue weighted by Crippen LogP contribution is 2.41. The standard InChI is InChI=1S/C25H24N6O2S2/c1-14-9-16-11-19(35-23(16)18(10-14)33-2)22-21-24(26)27-13-28-25(21)31(30-22)12-15-3-5-17(6-4-15)29-20(32)7-8-34/h3-6,9-11,13,34H,7-8,12H2,1-2H3,(H,29,32)(H2,26,27,28). The number of hydrogen-bond donors (Lipinski definition) is 3. The Bertz CT molecular complexity index is 1540. The molecule has 3 N–H and O–H groups in total. The van der Waals surface area contributed by atoms with Gasteiger partial charge in [-0.1, -0.05) is 18.2 Å². The van der Waals surface area contributed by atoms with E-state index in [1.165, 1.54) is 6.33 Å². The van der Waals surface area contributed by atoms with Gasteiger partial charge in [0.15, 0.2) is 5.65 Å². The van der Waals surface area contributed by atoms with Crippen molar-refractivity contribution in [1.29, 1.82) is 0 Å². The van der Waals surface area contributed by atoms with Gasteiger partial charge in [0.1, 0.15) is 23.6 Å². The fraction of sp³-hybridized carbons (Fsp3) is 0.200. The Kier molecular flexibility index (Phi) is 6.31. The van der Waals surface area contributed by atoms with Gasteiger partial charge in [-0.3, -0.25) is 4.79 Å². The van der Waals surface area contributed by atoms with Gasteiger partial charge in [-0.05, 0) is 53.5 Å². The van der Waals surface area contributed by atoms with Crippen molar-refractivity contribution in [2.24, 2.45) is 0 Å². The van der Waals surface area contributed by atoms with E-state index in [0.717, 1.165) is 48.6 Å². The second-order valence-electron chi connectivity index (χ2n) is 8.18. The highest BCUT2D eigenvalue weighted by Gasteiger charge is 2.20. The first kappa shape index (κ1) is 23.1. The first-order valence-corrected chi connectivity index (χ1v) is 12.5. The number of aryl methyl sites for hydroxylation is 1. The van der Waals surface area contributed by atoms with Crippen LogP contribution >= 0.6 is 24.0 Å². The molecule has 2 aromatic carbocycles. The fourth-order valence-corrected chi connectivity index (χ4v) is 5.36. The summed E-state index contributed by atoms with van der Waals surface area (Å²) in [5, 5.41) is 9.60. The van der Waals surface area contributed by atoms with Crippen molar-refractivity contribution < 1.29 is 9.53 Å². The summed E-state index contributed by atoms with van der Waals surface area (Å²) in [5.74, 6) is 1.68. The number of thiophene rings is 1. The molecule has 0 radical (unpaired) electrons. The van der Waals surface area contributed by atoms with Crippen LogP contribution in [-0.4, -0.2) is 38.5 Å². The number of carbonyl (C=O) groups is 1. The van der Waals surface area contributed by atoms with E-state index in [4.69, 9.17) is 15.6 Å². The molecule has 10 heteroatoms. The zero-order valence-corrected chi connectivity index (χ0v) is 21.0. The van der Waals surface area contributed by atoms with Crippen LogP contribution in [-0.2, 0) is 11.3 Å². The van der Waals surface area contributed by atoms with Crippen LogP contribution in [0.3, 0.4) is 0 Å². The molecular weight excluding hydrogens is 480 g/mol. The number of nitrogen functional groups attached to an aromatic ring is 1. The minimum absolute atomic E-state index is 0.0576. The minimum Gasteiger partial charge on any atom is -0.495 e. The van der Waals surface area contributed by atoms with E-state index < -0.39 is 0 Å². The van der Waals surface area contributed by atoms with Crippen LogP contribution in [0.4, 0.5) is 11.5 Å². The quantitative estimate of drug-likeness (QED) is 0.272. The maximum absolute atomic E-state index is 11.8. The Hall–Kier alpha value is -3.63. The summed E-state index contributed by atoms with van der Waals surface area (Å²) in [6.07, 6.45) is 1.83. The molecule has 0 atom stereocenters. The second-order valence-corrected chi connectivity index (χ2v) is 9.68. The number of aromatic nitrogens is 4. The van der Waals surface area contributed by atoms with Gasteiger partial charge in [0.25, 0.3) is 0 Å². The SMILES string of the molecule is COc1cc(C)cc2cc(-c3nn(Cc4ccc(NC(=O)CCS)cc4)c4ncnc(N)c34)sc12.